The number of nitrogens with one attached hydrogen (secondary N) is 1. The van der Waals surface area contributed by atoms with Crippen LogP contribution in [0.5, 0.6) is 0 Å². The van der Waals surface area contributed by atoms with Crippen LogP contribution < -0.4 is 0 Å². The molecule has 0 saturated heterocycles. The Balaban J connectivity index is 2.41. The van der Waals surface area contributed by atoms with Crippen molar-refractivity contribution in [3.63, 3.8) is 0 Å². The van der Waals surface area contributed by atoms with Crippen LogP contribution in [0.25, 0.3) is 16.7 Å². The van der Waals surface area contributed by atoms with E-state index in [1.165, 1.54) is 6.07 Å². The molecule has 0 aliphatic rings. The lowest BCUT2D eigenvalue weighted by atomic mass is 10.2. The fourth-order valence-corrected chi connectivity index (χ4v) is 2.30. The molecular formula is C13H10FN3S. The van der Waals surface area contributed by atoms with Gasteiger partial charge in [-0.05, 0) is 42.9 Å². The van der Waals surface area contributed by atoms with Crippen molar-refractivity contribution in [1.29, 1.82) is 0 Å². The van der Waals surface area contributed by atoms with Crippen molar-refractivity contribution in [2.45, 2.75) is 6.92 Å². The molecule has 5 heteroatoms. The van der Waals surface area contributed by atoms with E-state index in [2.05, 4.69) is 9.97 Å². The number of nitrogens with zero attached hydrogens (tertiary/aromatic N) is 2. The quantitative estimate of drug-likeness (QED) is 0.678. The van der Waals surface area contributed by atoms with Crippen LogP contribution in [-0.4, -0.2) is 14.5 Å². The van der Waals surface area contributed by atoms with Crippen LogP contribution in [0.2, 0.25) is 0 Å². The Bertz CT molecular complexity index is 788. The number of hydrogen-bond acceptors (Lipinski definition) is 2. The van der Waals surface area contributed by atoms with Crippen molar-refractivity contribution in [3.8, 4) is 5.69 Å². The van der Waals surface area contributed by atoms with E-state index in [4.69, 9.17) is 12.2 Å². The van der Waals surface area contributed by atoms with Gasteiger partial charge in [-0.3, -0.25) is 9.55 Å². The minimum absolute atomic E-state index is 0.297. The van der Waals surface area contributed by atoms with Crippen molar-refractivity contribution < 1.29 is 4.39 Å². The minimum atomic E-state index is -0.297. The smallest absolute Gasteiger partial charge is 0.182 e. The fraction of sp³-hybridized carbons (Fsp3) is 0.0769. The van der Waals surface area contributed by atoms with Crippen LogP contribution in [0.4, 0.5) is 4.39 Å². The van der Waals surface area contributed by atoms with Gasteiger partial charge in [0.15, 0.2) is 4.77 Å². The molecule has 0 aliphatic heterocycles. The molecule has 0 saturated carbocycles. The zero-order chi connectivity index (χ0) is 12.7. The van der Waals surface area contributed by atoms with Gasteiger partial charge in [-0.15, -0.1) is 0 Å². The maximum atomic E-state index is 13.9. The van der Waals surface area contributed by atoms with Gasteiger partial charge in [-0.1, -0.05) is 6.07 Å². The van der Waals surface area contributed by atoms with Crippen molar-refractivity contribution in [2.75, 3.05) is 0 Å². The first-order valence-electron chi connectivity index (χ1n) is 5.48. The highest BCUT2D eigenvalue weighted by molar-refractivity contribution is 7.71. The third-order valence-electron chi connectivity index (χ3n) is 2.83. The molecule has 0 atom stereocenters. The number of rotatable bonds is 1. The summed E-state index contributed by atoms with van der Waals surface area (Å²) < 4.78 is 16.1. The SMILES string of the molecule is Cc1ccc(F)c(-n2c(=S)[nH]c3cnccc32)c1. The van der Waals surface area contributed by atoms with Crippen molar-refractivity contribution in [3.05, 3.63) is 52.8 Å². The molecule has 0 spiro atoms. The molecule has 0 radical (unpaired) electrons. The molecule has 3 nitrogen and oxygen atoms in total. The minimum Gasteiger partial charge on any atom is -0.329 e. The van der Waals surface area contributed by atoms with Crippen LogP contribution in [0.3, 0.4) is 0 Å². The first kappa shape index (κ1) is 11.1. The molecule has 1 aromatic carbocycles. The van der Waals surface area contributed by atoms with E-state index in [1.54, 1.807) is 29.1 Å². The van der Waals surface area contributed by atoms with E-state index < -0.39 is 0 Å². The number of aryl methyl sites for hydroxylation is 1. The van der Waals surface area contributed by atoms with Crippen LogP contribution >= 0.6 is 12.2 Å². The predicted molar refractivity (Wildman–Crippen MR) is 70.9 cm³/mol. The number of pyridine rings is 1. The van der Waals surface area contributed by atoms with Gasteiger partial charge in [0.25, 0.3) is 0 Å². The molecule has 0 aliphatic carbocycles. The molecular weight excluding hydrogens is 249 g/mol. The normalized spacial score (nSPS) is 11.0. The summed E-state index contributed by atoms with van der Waals surface area (Å²) >= 11 is 5.25. The van der Waals surface area contributed by atoms with Gasteiger partial charge in [0.1, 0.15) is 5.82 Å². The Morgan fingerprint density at radius 3 is 3.00 bits per heavy atom. The number of fused-ring (bicyclic) bond motifs is 1. The summed E-state index contributed by atoms with van der Waals surface area (Å²) in [6.07, 6.45) is 3.34. The van der Waals surface area contributed by atoms with Crippen LogP contribution in [0.1, 0.15) is 5.56 Å². The van der Waals surface area contributed by atoms with Gasteiger partial charge >= 0.3 is 0 Å². The van der Waals surface area contributed by atoms with E-state index in [0.29, 0.717) is 10.5 Å². The van der Waals surface area contributed by atoms with E-state index >= 15 is 0 Å². The Kier molecular flexibility index (Phi) is 2.48. The number of H-pyrrole nitrogens is 1. The maximum Gasteiger partial charge on any atom is 0.182 e. The third kappa shape index (κ3) is 1.64. The summed E-state index contributed by atoms with van der Waals surface area (Å²) in [6.45, 7) is 1.92. The van der Waals surface area contributed by atoms with Gasteiger partial charge in [0, 0.05) is 6.20 Å². The van der Waals surface area contributed by atoms with Gasteiger partial charge in [-0.2, -0.15) is 0 Å². The first-order chi connectivity index (χ1) is 8.66. The standard InChI is InChI=1S/C13H10FN3S/c1-8-2-3-9(14)12(6-8)17-11-4-5-15-7-10(11)16-13(17)18/h2-7H,1H3,(H,16,18). The Labute approximate surface area is 108 Å². The summed E-state index contributed by atoms with van der Waals surface area (Å²) in [5.74, 6) is -0.297. The van der Waals surface area contributed by atoms with Gasteiger partial charge in [0.05, 0.1) is 22.9 Å². The third-order valence-corrected chi connectivity index (χ3v) is 3.11. The number of imidazole rings is 1. The van der Waals surface area contributed by atoms with Crippen molar-refractivity contribution in [1.82, 2.24) is 14.5 Å². The summed E-state index contributed by atoms with van der Waals surface area (Å²) in [5.41, 5.74) is 3.05. The van der Waals surface area contributed by atoms with E-state index in [-0.39, 0.29) is 5.82 Å². The highest BCUT2D eigenvalue weighted by Crippen LogP contribution is 2.21. The lowest BCUT2D eigenvalue weighted by Crippen LogP contribution is -1.98. The second kappa shape index (κ2) is 4.03. The number of aromatic nitrogens is 3. The fourth-order valence-electron chi connectivity index (χ4n) is 1.99. The molecule has 2 heterocycles. The lowest BCUT2D eigenvalue weighted by molar-refractivity contribution is 0.618. The number of aromatic amines is 1. The summed E-state index contributed by atoms with van der Waals surface area (Å²) in [6, 6.07) is 6.77. The highest BCUT2D eigenvalue weighted by Gasteiger charge is 2.10. The zero-order valence-corrected chi connectivity index (χ0v) is 10.5. The van der Waals surface area contributed by atoms with E-state index in [9.17, 15) is 4.39 Å². The molecule has 0 amide bonds. The Morgan fingerprint density at radius 1 is 1.33 bits per heavy atom. The average Bonchev–Trinajstić information content (AvgIpc) is 2.68. The first-order valence-corrected chi connectivity index (χ1v) is 5.89. The van der Waals surface area contributed by atoms with E-state index in [1.807, 2.05) is 13.0 Å². The summed E-state index contributed by atoms with van der Waals surface area (Å²) in [4.78, 5) is 7.04. The number of hydrogen-bond donors (Lipinski definition) is 1. The van der Waals surface area contributed by atoms with E-state index in [0.717, 1.165) is 16.6 Å². The molecule has 1 N–H and O–H groups in total. The highest BCUT2D eigenvalue weighted by atomic mass is 32.1. The summed E-state index contributed by atoms with van der Waals surface area (Å²) in [5, 5.41) is 0. The second-order valence-electron chi connectivity index (χ2n) is 4.11. The molecule has 3 rings (SSSR count). The Morgan fingerprint density at radius 2 is 2.17 bits per heavy atom. The molecule has 90 valence electrons. The molecule has 0 fully saturated rings. The number of benzene rings is 1. The predicted octanol–water partition coefficient (Wildman–Crippen LogP) is 3.53. The second-order valence-corrected chi connectivity index (χ2v) is 4.50. The molecule has 0 unspecified atom stereocenters. The molecule has 3 aromatic rings. The monoisotopic (exact) mass is 259 g/mol. The van der Waals surface area contributed by atoms with Crippen LogP contribution in [0, 0.1) is 17.5 Å². The van der Waals surface area contributed by atoms with Gasteiger partial charge in [0.2, 0.25) is 0 Å². The maximum absolute atomic E-state index is 13.9. The number of halogens is 1. The van der Waals surface area contributed by atoms with Crippen molar-refractivity contribution in [2.24, 2.45) is 0 Å². The van der Waals surface area contributed by atoms with Crippen LogP contribution in [-0.2, 0) is 0 Å². The largest absolute Gasteiger partial charge is 0.329 e. The lowest BCUT2D eigenvalue weighted by Gasteiger charge is -2.06. The summed E-state index contributed by atoms with van der Waals surface area (Å²) in [7, 11) is 0. The topological polar surface area (TPSA) is 33.6 Å². The molecule has 18 heavy (non-hydrogen) atoms. The Hall–Kier alpha value is -2.01. The zero-order valence-electron chi connectivity index (χ0n) is 9.64. The van der Waals surface area contributed by atoms with Gasteiger partial charge < -0.3 is 4.98 Å². The van der Waals surface area contributed by atoms with Gasteiger partial charge in [-0.25, -0.2) is 4.39 Å². The molecule has 0 bridgehead atoms. The van der Waals surface area contributed by atoms with Crippen molar-refractivity contribution >= 4 is 23.3 Å². The van der Waals surface area contributed by atoms with Crippen LogP contribution in [0.15, 0.2) is 36.7 Å². The average molecular weight is 259 g/mol. The molecule has 2 aromatic heterocycles.